The number of rotatable bonds is 6. The molecule has 3 N–H and O–H groups in total. The molecule has 0 radical (unpaired) electrons. The minimum Gasteiger partial charge on any atom is -0.478 e. The van der Waals surface area contributed by atoms with Gasteiger partial charge in [-0.15, -0.1) is 0 Å². The Labute approximate surface area is 114 Å². The molecule has 0 heterocycles. The van der Waals surface area contributed by atoms with Gasteiger partial charge in [0.1, 0.15) is 0 Å². The average Bonchev–Trinajstić information content (AvgIpc) is 2.29. The van der Waals surface area contributed by atoms with E-state index in [9.17, 15) is 9.59 Å². The van der Waals surface area contributed by atoms with Crippen LogP contribution in [0.15, 0.2) is 22.7 Å². The molecule has 18 heavy (non-hydrogen) atoms. The van der Waals surface area contributed by atoms with E-state index in [0.29, 0.717) is 17.6 Å². The van der Waals surface area contributed by atoms with E-state index in [1.54, 1.807) is 18.2 Å². The minimum absolute atomic E-state index is 0.184. The smallest absolute Gasteiger partial charge is 0.335 e. The maximum atomic E-state index is 10.9. The first-order valence-corrected chi connectivity index (χ1v) is 6.25. The molecule has 0 aliphatic heterocycles. The maximum absolute atomic E-state index is 10.9. The van der Waals surface area contributed by atoms with Crippen molar-refractivity contribution in [2.24, 2.45) is 5.73 Å². The number of likely N-dealkylation sites (N-methyl/N-ethyl adjacent to an activating group) is 1. The topological polar surface area (TPSA) is 83.6 Å². The van der Waals surface area contributed by atoms with Crippen molar-refractivity contribution in [3.8, 4) is 0 Å². The molecular formula is C12H15BrN2O3. The SMILES string of the molecule is CCN(CC(N)=O)Cc1ccc(C(=O)O)cc1Br. The molecule has 5 nitrogen and oxygen atoms in total. The molecular weight excluding hydrogens is 300 g/mol. The van der Waals surface area contributed by atoms with Gasteiger partial charge in [0.15, 0.2) is 0 Å². The van der Waals surface area contributed by atoms with E-state index in [4.69, 9.17) is 10.8 Å². The minimum atomic E-state index is -0.966. The summed E-state index contributed by atoms with van der Waals surface area (Å²) in [5.74, 6) is -1.35. The Balaban J connectivity index is 2.83. The second-order valence-electron chi connectivity index (χ2n) is 3.88. The van der Waals surface area contributed by atoms with Crippen LogP contribution in [0.5, 0.6) is 0 Å². The van der Waals surface area contributed by atoms with Crippen molar-refractivity contribution in [2.45, 2.75) is 13.5 Å². The van der Waals surface area contributed by atoms with E-state index < -0.39 is 5.97 Å². The lowest BCUT2D eigenvalue weighted by molar-refractivity contribution is -0.119. The Morgan fingerprint density at radius 3 is 2.56 bits per heavy atom. The molecule has 0 bridgehead atoms. The van der Waals surface area contributed by atoms with Gasteiger partial charge in [0.25, 0.3) is 0 Å². The Kier molecular flexibility index (Phi) is 5.30. The first kappa shape index (κ1) is 14.7. The Hall–Kier alpha value is -1.40. The quantitative estimate of drug-likeness (QED) is 0.832. The summed E-state index contributed by atoms with van der Waals surface area (Å²) in [5.41, 5.74) is 6.30. The standard InChI is InChI=1S/C12H15BrN2O3/c1-2-15(7-11(14)16)6-9-4-3-8(12(17)18)5-10(9)13/h3-5H,2,6-7H2,1H3,(H2,14,16)(H,17,18). The van der Waals surface area contributed by atoms with Crippen LogP contribution >= 0.6 is 15.9 Å². The number of amides is 1. The van der Waals surface area contributed by atoms with Gasteiger partial charge in [0, 0.05) is 11.0 Å². The van der Waals surface area contributed by atoms with E-state index in [2.05, 4.69) is 15.9 Å². The van der Waals surface area contributed by atoms with Crippen molar-refractivity contribution < 1.29 is 14.7 Å². The molecule has 6 heteroatoms. The van der Waals surface area contributed by atoms with E-state index in [0.717, 1.165) is 5.56 Å². The van der Waals surface area contributed by atoms with E-state index >= 15 is 0 Å². The van der Waals surface area contributed by atoms with Crippen molar-refractivity contribution in [1.82, 2.24) is 4.90 Å². The molecule has 0 unspecified atom stereocenters. The number of halogens is 1. The number of carbonyl (C=O) groups excluding carboxylic acids is 1. The summed E-state index contributed by atoms with van der Waals surface area (Å²) >= 11 is 3.33. The lowest BCUT2D eigenvalue weighted by atomic mass is 10.1. The monoisotopic (exact) mass is 314 g/mol. The fraction of sp³-hybridized carbons (Fsp3) is 0.333. The zero-order valence-corrected chi connectivity index (χ0v) is 11.6. The lowest BCUT2D eigenvalue weighted by Gasteiger charge is -2.19. The molecule has 0 atom stereocenters. The number of nitrogens with zero attached hydrogens (tertiary/aromatic N) is 1. The first-order chi connectivity index (χ1) is 8.43. The second kappa shape index (κ2) is 6.51. The fourth-order valence-corrected chi connectivity index (χ4v) is 2.05. The molecule has 0 saturated heterocycles. The maximum Gasteiger partial charge on any atom is 0.335 e. The number of benzene rings is 1. The zero-order valence-electron chi connectivity index (χ0n) is 10.0. The van der Waals surface area contributed by atoms with Gasteiger partial charge in [0.2, 0.25) is 5.91 Å². The van der Waals surface area contributed by atoms with Crippen LogP contribution in [-0.4, -0.2) is 35.0 Å². The van der Waals surface area contributed by atoms with Crippen LogP contribution in [-0.2, 0) is 11.3 Å². The van der Waals surface area contributed by atoms with Crippen molar-refractivity contribution in [1.29, 1.82) is 0 Å². The van der Waals surface area contributed by atoms with Gasteiger partial charge in [-0.05, 0) is 24.2 Å². The highest BCUT2D eigenvalue weighted by molar-refractivity contribution is 9.10. The Morgan fingerprint density at radius 1 is 1.44 bits per heavy atom. The first-order valence-electron chi connectivity index (χ1n) is 5.46. The van der Waals surface area contributed by atoms with Crippen LogP contribution in [0.25, 0.3) is 0 Å². The van der Waals surface area contributed by atoms with Crippen molar-refractivity contribution >= 4 is 27.8 Å². The number of primary amides is 1. The summed E-state index contributed by atoms with van der Waals surface area (Å²) in [7, 11) is 0. The molecule has 1 amide bonds. The number of aromatic carboxylic acids is 1. The van der Waals surface area contributed by atoms with Gasteiger partial charge in [-0.1, -0.05) is 28.9 Å². The van der Waals surface area contributed by atoms with Gasteiger partial charge in [-0.2, -0.15) is 0 Å². The third kappa shape index (κ3) is 4.12. The highest BCUT2D eigenvalue weighted by atomic mass is 79.9. The molecule has 0 fully saturated rings. The van der Waals surface area contributed by atoms with Crippen LogP contribution in [0.1, 0.15) is 22.8 Å². The number of hydrogen-bond acceptors (Lipinski definition) is 3. The summed E-state index contributed by atoms with van der Waals surface area (Å²) < 4.78 is 0.713. The van der Waals surface area contributed by atoms with Gasteiger partial charge in [-0.3, -0.25) is 9.69 Å². The average molecular weight is 315 g/mol. The van der Waals surface area contributed by atoms with E-state index in [-0.39, 0.29) is 18.0 Å². The molecule has 1 rings (SSSR count). The molecule has 1 aromatic carbocycles. The van der Waals surface area contributed by atoms with Crippen LogP contribution in [0.3, 0.4) is 0 Å². The van der Waals surface area contributed by atoms with E-state index in [1.807, 2.05) is 11.8 Å². The Morgan fingerprint density at radius 2 is 2.11 bits per heavy atom. The van der Waals surface area contributed by atoms with Crippen LogP contribution < -0.4 is 5.73 Å². The summed E-state index contributed by atoms with van der Waals surface area (Å²) in [6.45, 7) is 3.35. The summed E-state index contributed by atoms with van der Waals surface area (Å²) in [5, 5.41) is 8.85. The second-order valence-corrected chi connectivity index (χ2v) is 4.74. The van der Waals surface area contributed by atoms with Gasteiger partial charge < -0.3 is 10.8 Å². The number of carboxylic acids is 1. The van der Waals surface area contributed by atoms with Gasteiger partial charge >= 0.3 is 5.97 Å². The molecule has 1 aromatic rings. The van der Waals surface area contributed by atoms with Crippen molar-refractivity contribution in [3.63, 3.8) is 0 Å². The molecule has 0 saturated carbocycles. The predicted octanol–water partition coefficient (Wildman–Crippen LogP) is 1.45. The third-order valence-electron chi connectivity index (χ3n) is 2.52. The largest absolute Gasteiger partial charge is 0.478 e. The highest BCUT2D eigenvalue weighted by Crippen LogP contribution is 2.20. The van der Waals surface area contributed by atoms with Crippen LogP contribution in [0.4, 0.5) is 0 Å². The summed E-state index contributed by atoms with van der Waals surface area (Å²) in [6.07, 6.45) is 0. The van der Waals surface area contributed by atoms with Crippen molar-refractivity contribution in [2.75, 3.05) is 13.1 Å². The van der Waals surface area contributed by atoms with Crippen LogP contribution in [0, 0.1) is 0 Å². The molecule has 98 valence electrons. The predicted molar refractivity (Wildman–Crippen MR) is 71.2 cm³/mol. The van der Waals surface area contributed by atoms with Gasteiger partial charge in [-0.25, -0.2) is 4.79 Å². The lowest BCUT2D eigenvalue weighted by Crippen LogP contribution is -2.33. The Bertz CT molecular complexity index is 463. The van der Waals surface area contributed by atoms with Crippen molar-refractivity contribution in [3.05, 3.63) is 33.8 Å². The number of carbonyl (C=O) groups is 2. The highest BCUT2D eigenvalue weighted by Gasteiger charge is 2.11. The molecule has 0 aliphatic carbocycles. The van der Waals surface area contributed by atoms with E-state index in [1.165, 1.54) is 0 Å². The summed E-state index contributed by atoms with van der Waals surface area (Å²) in [6, 6.07) is 4.83. The molecule has 0 spiro atoms. The van der Waals surface area contributed by atoms with Gasteiger partial charge in [0.05, 0.1) is 12.1 Å². The molecule has 0 aliphatic rings. The number of hydrogen-bond donors (Lipinski definition) is 2. The number of nitrogens with two attached hydrogens (primary N) is 1. The number of carboxylic acid groups (broad SMARTS) is 1. The zero-order chi connectivity index (χ0) is 13.7. The fourth-order valence-electron chi connectivity index (χ4n) is 1.55. The third-order valence-corrected chi connectivity index (χ3v) is 3.26. The van der Waals surface area contributed by atoms with Crippen LogP contribution in [0.2, 0.25) is 0 Å². The normalized spacial score (nSPS) is 10.6. The molecule has 0 aromatic heterocycles. The summed E-state index contributed by atoms with van der Waals surface area (Å²) in [4.78, 5) is 23.6.